The Morgan fingerprint density at radius 3 is 2.36 bits per heavy atom. The number of hydrogen-bond donors (Lipinski definition) is 0. The molecular weight excluding hydrogens is 310 g/mol. The Labute approximate surface area is 150 Å². The number of carbonyl (C=O) groups excluding carboxylic acids is 1. The first-order valence-electron chi connectivity index (χ1n) is 9.13. The molecule has 1 saturated carbocycles. The van der Waals surface area contributed by atoms with Gasteiger partial charge in [-0.15, -0.1) is 0 Å². The van der Waals surface area contributed by atoms with Gasteiger partial charge in [-0.25, -0.2) is 0 Å². The minimum atomic E-state index is 0.249. The van der Waals surface area contributed by atoms with Crippen LogP contribution in [0.25, 0.3) is 0 Å². The molecule has 3 nitrogen and oxygen atoms in total. The molecule has 1 aliphatic carbocycles. The van der Waals surface area contributed by atoms with E-state index in [9.17, 15) is 4.79 Å². The topological polar surface area (TPSA) is 29.5 Å². The van der Waals surface area contributed by atoms with Gasteiger partial charge in [0.25, 0.3) is 0 Å². The molecule has 132 valence electrons. The number of benzene rings is 2. The van der Waals surface area contributed by atoms with Gasteiger partial charge in [-0.1, -0.05) is 42.5 Å². The van der Waals surface area contributed by atoms with Crippen LogP contribution in [0.2, 0.25) is 0 Å². The summed E-state index contributed by atoms with van der Waals surface area (Å²) in [5.74, 6) is 1.77. The highest BCUT2D eigenvalue weighted by atomic mass is 16.5. The highest BCUT2D eigenvalue weighted by molar-refractivity contribution is 5.77. The number of carbonyl (C=O) groups is 1. The normalized spacial score (nSPS) is 14.8. The number of hydrogen-bond acceptors (Lipinski definition) is 2. The summed E-state index contributed by atoms with van der Waals surface area (Å²) in [5.41, 5.74) is 2.38. The Bertz CT molecular complexity index is 677. The Morgan fingerprint density at radius 2 is 1.76 bits per heavy atom. The summed E-state index contributed by atoms with van der Waals surface area (Å²) < 4.78 is 5.19. The van der Waals surface area contributed by atoms with Gasteiger partial charge in [0.2, 0.25) is 5.91 Å². The highest BCUT2D eigenvalue weighted by Gasteiger charge is 2.34. The Kier molecular flexibility index (Phi) is 5.75. The Balaban J connectivity index is 1.63. The van der Waals surface area contributed by atoms with Gasteiger partial charge in [-0.05, 0) is 55.4 Å². The molecule has 0 radical (unpaired) electrons. The molecule has 25 heavy (non-hydrogen) atoms. The number of rotatable bonds is 8. The summed E-state index contributed by atoms with van der Waals surface area (Å²) in [5, 5.41) is 0. The molecule has 2 aromatic rings. The average molecular weight is 337 g/mol. The smallest absolute Gasteiger partial charge is 0.223 e. The molecule has 0 aromatic heterocycles. The zero-order chi connectivity index (χ0) is 17.6. The minimum Gasteiger partial charge on any atom is -0.497 e. The van der Waals surface area contributed by atoms with Crippen LogP contribution < -0.4 is 4.74 Å². The molecule has 0 aliphatic heterocycles. The molecule has 1 atom stereocenters. The van der Waals surface area contributed by atoms with E-state index in [1.165, 1.54) is 24.0 Å². The third-order valence-electron chi connectivity index (χ3n) is 5.10. The van der Waals surface area contributed by atoms with Crippen molar-refractivity contribution in [2.75, 3.05) is 7.11 Å². The van der Waals surface area contributed by atoms with Crippen LogP contribution in [0.5, 0.6) is 5.75 Å². The maximum atomic E-state index is 12.9. The van der Waals surface area contributed by atoms with Gasteiger partial charge in [0.15, 0.2) is 0 Å². The molecule has 0 N–H and O–H groups in total. The van der Waals surface area contributed by atoms with Gasteiger partial charge >= 0.3 is 0 Å². The van der Waals surface area contributed by atoms with E-state index in [1.807, 2.05) is 42.5 Å². The first-order chi connectivity index (χ1) is 12.2. The lowest BCUT2D eigenvalue weighted by Gasteiger charge is -2.30. The van der Waals surface area contributed by atoms with Crippen LogP contribution in [0.15, 0.2) is 54.6 Å². The summed E-state index contributed by atoms with van der Waals surface area (Å²) in [6.07, 6.45) is 3.82. The minimum absolute atomic E-state index is 0.249. The Morgan fingerprint density at radius 1 is 1.08 bits per heavy atom. The second-order valence-corrected chi connectivity index (χ2v) is 6.93. The first kappa shape index (κ1) is 17.5. The van der Waals surface area contributed by atoms with Crippen molar-refractivity contribution in [1.29, 1.82) is 0 Å². The molecule has 2 aromatic carbocycles. The van der Waals surface area contributed by atoms with Crippen molar-refractivity contribution in [3.8, 4) is 5.75 Å². The van der Waals surface area contributed by atoms with Gasteiger partial charge in [0, 0.05) is 19.0 Å². The van der Waals surface area contributed by atoms with Crippen LogP contribution in [-0.4, -0.2) is 24.0 Å². The zero-order valence-electron chi connectivity index (χ0n) is 15.2. The van der Waals surface area contributed by atoms with Gasteiger partial charge < -0.3 is 9.64 Å². The predicted molar refractivity (Wildman–Crippen MR) is 100 cm³/mol. The van der Waals surface area contributed by atoms with Gasteiger partial charge in [0.1, 0.15) is 5.75 Å². The maximum Gasteiger partial charge on any atom is 0.223 e. The molecule has 0 spiro atoms. The van der Waals surface area contributed by atoms with E-state index in [2.05, 4.69) is 24.0 Å². The highest BCUT2D eigenvalue weighted by Crippen LogP contribution is 2.36. The lowest BCUT2D eigenvalue weighted by atomic mass is 10.1. The molecule has 1 aliphatic rings. The SMILES string of the molecule is COc1ccc(CCC(=O)N(Cc2ccccc2)C(C)C2CC2)cc1. The van der Waals surface area contributed by atoms with Crippen LogP contribution in [0.4, 0.5) is 0 Å². The van der Waals surface area contributed by atoms with E-state index < -0.39 is 0 Å². The largest absolute Gasteiger partial charge is 0.497 e. The van der Waals surface area contributed by atoms with Crippen molar-refractivity contribution in [1.82, 2.24) is 4.90 Å². The molecule has 1 amide bonds. The van der Waals surface area contributed by atoms with E-state index in [0.717, 1.165) is 12.2 Å². The van der Waals surface area contributed by atoms with Crippen molar-refractivity contribution in [3.05, 3.63) is 65.7 Å². The van der Waals surface area contributed by atoms with E-state index >= 15 is 0 Å². The van der Waals surface area contributed by atoms with Gasteiger partial charge in [-0.2, -0.15) is 0 Å². The lowest BCUT2D eigenvalue weighted by Crippen LogP contribution is -2.39. The van der Waals surface area contributed by atoms with Crippen LogP contribution in [-0.2, 0) is 17.8 Å². The third-order valence-corrected chi connectivity index (χ3v) is 5.10. The second kappa shape index (κ2) is 8.19. The fraction of sp³-hybridized carbons (Fsp3) is 0.409. The van der Waals surface area contributed by atoms with Crippen LogP contribution >= 0.6 is 0 Å². The van der Waals surface area contributed by atoms with Crippen molar-refractivity contribution in [2.24, 2.45) is 5.92 Å². The molecule has 0 saturated heterocycles. The van der Waals surface area contributed by atoms with Crippen LogP contribution in [0, 0.1) is 5.92 Å². The van der Waals surface area contributed by atoms with Crippen LogP contribution in [0.3, 0.4) is 0 Å². The lowest BCUT2D eigenvalue weighted by molar-refractivity contribution is -0.134. The fourth-order valence-corrected chi connectivity index (χ4v) is 3.26. The number of aryl methyl sites for hydroxylation is 1. The van der Waals surface area contributed by atoms with E-state index in [4.69, 9.17) is 4.74 Å². The first-order valence-corrected chi connectivity index (χ1v) is 9.13. The molecule has 3 heteroatoms. The zero-order valence-corrected chi connectivity index (χ0v) is 15.2. The number of ether oxygens (including phenoxy) is 1. The van der Waals surface area contributed by atoms with Crippen molar-refractivity contribution >= 4 is 5.91 Å². The molecule has 1 fully saturated rings. The summed E-state index contributed by atoms with van der Waals surface area (Å²) in [6, 6.07) is 18.6. The summed E-state index contributed by atoms with van der Waals surface area (Å²) in [7, 11) is 1.67. The summed E-state index contributed by atoms with van der Waals surface area (Å²) >= 11 is 0. The van der Waals surface area contributed by atoms with Gasteiger partial charge in [0.05, 0.1) is 7.11 Å². The summed E-state index contributed by atoms with van der Waals surface area (Å²) in [6.45, 7) is 2.91. The van der Waals surface area contributed by atoms with Gasteiger partial charge in [-0.3, -0.25) is 4.79 Å². The molecular formula is C22H27NO2. The predicted octanol–water partition coefficient (Wildman–Crippen LogP) is 4.46. The third kappa shape index (κ3) is 4.85. The standard InChI is InChI=1S/C22H27NO2/c1-17(20-11-12-20)23(16-19-6-4-3-5-7-19)22(24)15-10-18-8-13-21(25-2)14-9-18/h3-9,13-14,17,20H,10-12,15-16H2,1-2H3. The molecule has 1 unspecified atom stereocenters. The van der Waals surface area contributed by atoms with Crippen LogP contribution in [0.1, 0.15) is 37.3 Å². The van der Waals surface area contributed by atoms with E-state index in [-0.39, 0.29) is 5.91 Å². The van der Waals surface area contributed by atoms with Crippen molar-refractivity contribution in [2.45, 2.75) is 45.2 Å². The average Bonchev–Trinajstić information content (AvgIpc) is 3.50. The molecule has 0 heterocycles. The monoisotopic (exact) mass is 337 g/mol. The summed E-state index contributed by atoms with van der Waals surface area (Å²) in [4.78, 5) is 15.0. The quantitative estimate of drug-likeness (QED) is 0.712. The van der Waals surface area contributed by atoms with E-state index in [1.54, 1.807) is 7.11 Å². The number of amides is 1. The van der Waals surface area contributed by atoms with Crippen molar-refractivity contribution < 1.29 is 9.53 Å². The Hall–Kier alpha value is -2.29. The number of nitrogens with zero attached hydrogens (tertiary/aromatic N) is 1. The van der Waals surface area contributed by atoms with Crippen molar-refractivity contribution in [3.63, 3.8) is 0 Å². The number of methoxy groups -OCH3 is 1. The molecule has 0 bridgehead atoms. The second-order valence-electron chi connectivity index (χ2n) is 6.93. The van der Waals surface area contributed by atoms with E-state index in [0.29, 0.717) is 24.9 Å². The fourth-order valence-electron chi connectivity index (χ4n) is 3.26. The maximum absolute atomic E-state index is 12.9. The molecule has 3 rings (SSSR count).